The highest BCUT2D eigenvalue weighted by Gasteiger charge is 2.22. The zero-order valence-corrected chi connectivity index (χ0v) is 19.3. The minimum Gasteiger partial charge on any atom is -0.506 e. The van der Waals surface area contributed by atoms with Crippen molar-refractivity contribution in [1.82, 2.24) is 19.5 Å². The zero-order valence-electron chi connectivity index (χ0n) is 18.6. The molecule has 172 valence electrons. The Hall–Kier alpha value is -2.58. The SMILES string of the molecule is CC(C)C(CO)Nc1nc(NCc2cccc(Cl)c2O)c2ncn(C3CCCCC3)c2n1. The van der Waals surface area contributed by atoms with Crippen LogP contribution in [-0.2, 0) is 6.54 Å². The van der Waals surface area contributed by atoms with Crippen LogP contribution in [0.25, 0.3) is 11.2 Å². The molecule has 2 heterocycles. The number of aliphatic hydroxyl groups excluding tert-OH is 1. The van der Waals surface area contributed by atoms with Gasteiger partial charge < -0.3 is 25.4 Å². The van der Waals surface area contributed by atoms with Crippen LogP contribution >= 0.6 is 11.6 Å². The number of fused-ring (bicyclic) bond motifs is 1. The van der Waals surface area contributed by atoms with Gasteiger partial charge in [0, 0.05) is 18.2 Å². The number of aromatic hydroxyl groups is 1. The van der Waals surface area contributed by atoms with E-state index in [4.69, 9.17) is 16.6 Å². The number of halogens is 1. The van der Waals surface area contributed by atoms with E-state index in [0.717, 1.165) is 18.5 Å². The van der Waals surface area contributed by atoms with Crippen LogP contribution in [0.4, 0.5) is 11.8 Å². The van der Waals surface area contributed by atoms with Crippen molar-refractivity contribution in [2.24, 2.45) is 5.92 Å². The van der Waals surface area contributed by atoms with E-state index >= 15 is 0 Å². The Morgan fingerprint density at radius 3 is 2.69 bits per heavy atom. The van der Waals surface area contributed by atoms with Crippen molar-refractivity contribution in [2.45, 2.75) is 64.6 Å². The van der Waals surface area contributed by atoms with Crippen molar-refractivity contribution in [3.05, 3.63) is 35.1 Å². The predicted octanol–water partition coefficient (Wildman–Crippen LogP) is 4.73. The average molecular weight is 459 g/mol. The molecule has 32 heavy (non-hydrogen) atoms. The summed E-state index contributed by atoms with van der Waals surface area (Å²) in [4.78, 5) is 14.1. The Bertz CT molecular complexity index is 1060. The molecule has 0 bridgehead atoms. The van der Waals surface area contributed by atoms with Crippen molar-refractivity contribution in [2.75, 3.05) is 17.2 Å². The average Bonchev–Trinajstić information content (AvgIpc) is 3.22. The maximum atomic E-state index is 10.3. The van der Waals surface area contributed by atoms with Crippen LogP contribution in [0.2, 0.25) is 5.02 Å². The molecule has 0 saturated heterocycles. The summed E-state index contributed by atoms with van der Waals surface area (Å²) in [6, 6.07) is 5.47. The fourth-order valence-electron chi connectivity index (χ4n) is 4.20. The summed E-state index contributed by atoms with van der Waals surface area (Å²) >= 11 is 6.06. The molecule has 1 atom stereocenters. The fourth-order valence-corrected chi connectivity index (χ4v) is 4.40. The van der Waals surface area contributed by atoms with Crippen LogP contribution < -0.4 is 10.6 Å². The largest absolute Gasteiger partial charge is 0.506 e. The van der Waals surface area contributed by atoms with Gasteiger partial charge in [0.2, 0.25) is 5.95 Å². The third-order valence-electron chi connectivity index (χ3n) is 6.22. The molecule has 9 heteroatoms. The monoisotopic (exact) mass is 458 g/mol. The molecule has 3 aromatic rings. The van der Waals surface area contributed by atoms with E-state index in [2.05, 4.69) is 25.2 Å². The maximum Gasteiger partial charge on any atom is 0.227 e. The molecule has 1 aliphatic carbocycles. The second kappa shape index (κ2) is 9.92. The van der Waals surface area contributed by atoms with Gasteiger partial charge in [-0.2, -0.15) is 9.97 Å². The first kappa shape index (κ1) is 22.6. The van der Waals surface area contributed by atoms with E-state index in [1.807, 2.05) is 26.2 Å². The number of hydrogen-bond donors (Lipinski definition) is 4. The first-order chi connectivity index (χ1) is 15.5. The van der Waals surface area contributed by atoms with Gasteiger partial charge in [-0.3, -0.25) is 0 Å². The van der Waals surface area contributed by atoms with Crippen LogP contribution in [0.5, 0.6) is 5.75 Å². The molecule has 1 aromatic carbocycles. The Morgan fingerprint density at radius 1 is 1.19 bits per heavy atom. The highest BCUT2D eigenvalue weighted by atomic mass is 35.5. The smallest absolute Gasteiger partial charge is 0.227 e. The second-order valence-electron chi connectivity index (χ2n) is 8.79. The number of nitrogens with one attached hydrogen (secondary N) is 2. The van der Waals surface area contributed by atoms with Gasteiger partial charge in [-0.05, 0) is 24.8 Å². The number of nitrogens with zero attached hydrogens (tertiary/aromatic N) is 4. The maximum absolute atomic E-state index is 10.3. The number of aromatic nitrogens is 4. The topological polar surface area (TPSA) is 108 Å². The van der Waals surface area contributed by atoms with Gasteiger partial charge in [0.25, 0.3) is 0 Å². The van der Waals surface area contributed by atoms with Crippen LogP contribution in [0.3, 0.4) is 0 Å². The Labute approximate surface area is 193 Å². The van der Waals surface area contributed by atoms with Gasteiger partial charge in [0.15, 0.2) is 17.0 Å². The molecule has 0 amide bonds. The summed E-state index contributed by atoms with van der Waals surface area (Å²) < 4.78 is 2.16. The van der Waals surface area contributed by atoms with E-state index in [-0.39, 0.29) is 24.3 Å². The molecule has 0 aliphatic heterocycles. The molecule has 1 aliphatic rings. The summed E-state index contributed by atoms with van der Waals surface area (Å²) in [6.45, 7) is 4.40. The minimum atomic E-state index is -0.164. The number of phenolic OH excluding ortho intramolecular Hbond substituents is 1. The summed E-state index contributed by atoms with van der Waals surface area (Å²) in [5.41, 5.74) is 2.13. The molecular weight excluding hydrogens is 428 g/mol. The lowest BCUT2D eigenvalue weighted by Crippen LogP contribution is -2.30. The van der Waals surface area contributed by atoms with Crippen molar-refractivity contribution >= 4 is 34.5 Å². The number of phenols is 1. The van der Waals surface area contributed by atoms with E-state index in [1.54, 1.807) is 12.1 Å². The zero-order chi connectivity index (χ0) is 22.7. The molecule has 1 fully saturated rings. The minimum absolute atomic E-state index is 0.0138. The molecule has 1 unspecified atom stereocenters. The first-order valence-electron chi connectivity index (χ1n) is 11.3. The number of imidazole rings is 1. The standard InChI is InChI=1S/C23H31ClN6O2/c1-14(2)18(12-31)27-23-28-21(25-11-15-7-6-10-17(24)20(15)32)19-22(29-23)30(13-26-19)16-8-4-3-5-9-16/h6-7,10,13-14,16,18,31-32H,3-5,8-9,11-12H2,1-2H3,(H2,25,27,28,29). The van der Waals surface area contributed by atoms with E-state index in [9.17, 15) is 10.2 Å². The van der Waals surface area contributed by atoms with Crippen LogP contribution in [-0.4, -0.2) is 42.4 Å². The van der Waals surface area contributed by atoms with E-state index < -0.39 is 0 Å². The molecule has 0 radical (unpaired) electrons. The highest BCUT2D eigenvalue weighted by Crippen LogP contribution is 2.33. The number of aliphatic hydroxyl groups is 1. The molecule has 4 rings (SSSR count). The third-order valence-corrected chi connectivity index (χ3v) is 6.53. The molecular formula is C23H31ClN6O2. The number of hydrogen-bond acceptors (Lipinski definition) is 7. The van der Waals surface area contributed by atoms with Gasteiger partial charge in [-0.15, -0.1) is 0 Å². The van der Waals surface area contributed by atoms with E-state index in [0.29, 0.717) is 40.5 Å². The molecule has 8 nitrogen and oxygen atoms in total. The van der Waals surface area contributed by atoms with Crippen molar-refractivity contribution in [3.8, 4) is 5.75 Å². The summed E-state index contributed by atoms with van der Waals surface area (Å²) in [6.07, 6.45) is 7.77. The lowest BCUT2D eigenvalue weighted by molar-refractivity contribution is 0.248. The lowest BCUT2D eigenvalue weighted by atomic mass is 9.95. The fraction of sp³-hybridized carbons (Fsp3) is 0.522. The summed E-state index contributed by atoms with van der Waals surface area (Å²) in [5, 5.41) is 26.9. The van der Waals surface area contributed by atoms with Crippen LogP contribution in [0.1, 0.15) is 57.6 Å². The van der Waals surface area contributed by atoms with Crippen LogP contribution in [0.15, 0.2) is 24.5 Å². The molecule has 0 spiro atoms. The number of para-hydroxylation sites is 1. The van der Waals surface area contributed by atoms with E-state index in [1.165, 1.54) is 19.3 Å². The Morgan fingerprint density at radius 2 is 1.97 bits per heavy atom. The summed E-state index contributed by atoms with van der Waals surface area (Å²) in [7, 11) is 0. The predicted molar refractivity (Wildman–Crippen MR) is 127 cm³/mol. The van der Waals surface area contributed by atoms with Crippen molar-refractivity contribution < 1.29 is 10.2 Å². The quantitative estimate of drug-likeness (QED) is 0.386. The highest BCUT2D eigenvalue weighted by molar-refractivity contribution is 6.32. The van der Waals surface area contributed by atoms with Gasteiger partial charge in [-0.1, -0.05) is 56.8 Å². The third kappa shape index (κ3) is 4.76. The Kier molecular flexibility index (Phi) is 7.01. The van der Waals surface area contributed by atoms with Gasteiger partial charge in [-0.25, -0.2) is 4.98 Å². The number of rotatable bonds is 8. The van der Waals surface area contributed by atoms with Gasteiger partial charge in [0.05, 0.1) is 24.0 Å². The van der Waals surface area contributed by atoms with Crippen molar-refractivity contribution in [1.29, 1.82) is 0 Å². The number of anilines is 2. The normalized spacial score (nSPS) is 15.9. The van der Waals surface area contributed by atoms with Gasteiger partial charge >= 0.3 is 0 Å². The Balaban J connectivity index is 1.70. The number of benzene rings is 1. The summed E-state index contributed by atoms with van der Waals surface area (Å²) in [5.74, 6) is 1.29. The van der Waals surface area contributed by atoms with Gasteiger partial charge in [0.1, 0.15) is 5.75 Å². The van der Waals surface area contributed by atoms with Crippen LogP contribution in [0, 0.1) is 5.92 Å². The molecule has 4 N–H and O–H groups in total. The lowest BCUT2D eigenvalue weighted by Gasteiger charge is -2.24. The first-order valence-corrected chi connectivity index (χ1v) is 11.7. The molecule has 2 aromatic heterocycles. The van der Waals surface area contributed by atoms with Crippen molar-refractivity contribution in [3.63, 3.8) is 0 Å². The molecule has 1 saturated carbocycles. The second-order valence-corrected chi connectivity index (χ2v) is 9.20.